The maximum atomic E-state index is 13.1. The van der Waals surface area contributed by atoms with Crippen molar-refractivity contribution in [3.8, 4) is 0 Å². The number of hydrogen-bond donors (Lipinski definition) is 1. The van der Waals surface area contributed by atoms with Crippen LogP contribution in [0, 0.1) is 37.5 Å². The Morgan fingerprint density at radius 1 is 1.25 bits per heavy atom. The van der Waals surface area contributed by atoms with Crippen LogP contribution in [0.2, 0.25) is 0 Å². The first-order valence-corrected chi connectivity index (χ1v) is 11.9. The minimum absolute atomic E-state index is 0.00561. The summed E-state index contributed by atoms with van der Waals surface area (Å²) in [6.45, 7) is 6.01. The number of aromatic nitrogens is 1. The van der Waals surface area contributed by atoms with Crippen molar-refractivity contribution in [2.75, 3.05) is 13.1 Å². The zero-order valence-electron chi connectivity index (χ0n) is 17.0. The molecule has 1 aliphatic heterocycles. The van der Waals surface area contributed by atoms with Crippen molar-refractivity contribution in [1.29, 1.82) is 0 Å². The van der Waals surface area contributed by atoms with Crippen LogP contribution < -0.4 is 5.32 Å². The molecule has 1 N–H and O–H groups in total. The van der Waals surface area contributed by atoms with Crippen LogP contribution in [0.15, 0.2) is 9.42 Å². The molecule has 2 aliphatic carbocycles. The van der Waals surface area contributed by atoms with E-state index < -0.39 is 10.0 Å². The van der Waals surface area contributed by atoms with E-state index in [0.717, 1.165) is 18.3 Å². The molecule has 0 spiro atoms. The van der Waals surface area contributed by atoms with Crippen molar-refractivity contribution in [3.05, 3.63) is 11.5 Å². The molecule has 4 rings (SSSR count). The highest BCUT2D eigenvalue weighted by Crippen LogP contribution is 2.49. The van der Waals surface area contributed by atoms with E-state index in [4.69, 9.17) is 4.52 Å². The topological polar surface area (TPSA) is 92.5 Å². The van der Waals surface area contributed by atoms with E-state index in [0.29, 0.717) is 30.3 Å². The van der Waals surface area contributed by atoms with Crippen LogP contribution in [0.4, 0.5) is 0 Å². The number of hydrogen-bond acceptors (Lipinski definition) is 5. The van der Waals surface area contributed by atoms with Gasteiger partial charge < -0.3 is 9.84 Å². The van der Waals surface area contributed by atoms with Gasteiger partial charge in [-0.2, -0.15) is 4.31 Å². The Morgan fingerprint density at radius 2 is 2.04 bits per heavy atom. The number of nitrogens with one attached hydrogen (secondary N) is 1. The molecular weight excluding hydrogens is 378 g/mol. The lowest BCUT2D eigenvalue weighted by Gasteiger charge is -2.33. The van der Waals surface area contributed by atoms with E-state index in [1.165, 1.54) is 30.0 Å². The van der Waals surface area contributed by atoms with Gasteiger partial charge in [0.05, 0.1) is 5.92 Å². The SMILES string of the molecule is Cc1noc(C)c1S(=O)(=O)N1CCC[C@H](C(=O)N[C@@H](C)[C@@H]2C[C@H]3CC[C@H]2C3)C1. The molecular formula is C20H31N3O4S. The van der Waals surface area contributed by atoms with Gasteiger partial charge in [0.1, 0.15) is 10.6 Å². The molecule has 2 saturated carbocycles. The van der Waals surface area contributed by atoms with Gasteiger partial charge in [0.2, 0.25) is 15.9 Å². The molecule has 3 fully saturated rings. The third kappa shape index (κ3) is 3.49. The summed E-state index contributed by atoms with van der Waals surface area (Å²) in [4.78, 5) is 13.0. The van der Waals surface area contributed by atoms with Gasteiger partial charge in [-0.3, -0.25) is 4.79 Å². The molecule has 7 nitrogen and oxygen atoms in total. The average Bonchev–Trinajstić information content (AvgIpc) is 3.38. The van der Waals surface area contributed by atoms with Crippen LogP contribution >= 0.6 is 0 Å². The third-order valence-corrected chi connectivity index (χ3v) is 9.24. The van der Waals surface area contributed by atoms with E-state index in [-0.39, 0.29) is 29.3 Å². The highest BCUT2D eigenvalue weighted by molar-refractivity contribution is 7.89. The molecule has 5 atom stereocenters. The Morgan fingerprint density at radius 3 is 2.64 bits per heavy atom. The standard InChI is InChI=1S/C20H31N3O4S/c1-12(18-10-15-6-7-16(18)9-15)21-20(24)17-5-4-8-23(11-17)28(25,26)19-13(2)22-27-14(19)3/h12,15-18H,4-11H2,1-3H3,(H,21,24)/t12-,15-,16-,17-,18-/m0/s1. The largest absolute Gasteiger partial charge is 0.360 e. The lowest BCUT2D eigenvalue weighted by molar-refractivity contribution is -0.127. The van der Waals surface area contributed by atoms with E-state index in [9.17, 15) is 13.2 Å². The molecule has 3 aliphatic rings. The second-order valence-electron chi connectivity index (χ2n) is 8.99. The number of sulfonamides is 1. The van der Waals surface area contributed by atoms with Gasteiger partial charge in [-0.05, 0) is 70.6 Å². The predicted molar refractivity (Wildman–Crippen MR) is 104 cm³/mol. The molecule has 28 heavy (non-hydrogen) atoms. The number of carbonyl (C=O) groups excluding carboxylic acids is 1. The number of carbonyl (C=O) groups is 1. The molecule has 2 heterocycles. The average molecular weight is 410 g/mol. The summed E-state index contributed by atoms with van der Waals surface area (Å²) in [5.41, 5.74) is 0.369. The van der Waals surface area contributed by atoms with Crippen molar-refractivity contribution < 1.29 is 17.7 Å². The van der Waals surface area contributed by atoms with Gasteiger partial charge in [-0.15, -0.1) is 0 Å². The van der Waals surface area contributed by atoms with Crippen molar-refractivity contribution in [1.82, 2.24) is 14.8 Å². The van der Waals surface area contributed by atoms with Crippen molar-refractivity contribution >= 4 is 15.9 Å². The number of aryl methyl sites for hydroxylation is 2. The number of fused-ring (bicyclic) bond motifs is 2. The highest BCUT2D eigenvalue weighted by atomic mass is 32.2. The third-order valence-electron chi connectivity index (χ3n) is 7.13. The predicted octanol–water partition coefficient (Wildman–Crippen LogP) is 2.63. The molecule has 1 aromatic heterocycles. The van der Waals surface area contributed by atoms with Gasteiger partial charge in [0.25, 0.3) is 0 Å². The van der Waals surface area contributed by atoms with Crippen molar-refractivity contribution in [3.63, 3.8) is 0 Å². The lowest BCUT2D eigenvalue weighted by Crippen LogP contribution is -2.49. The number of amides is 1. The minimum atomic E-state index is -3.70. The summed E-state index contributed by atoms with van der Waals surface area (Å²) in [7, 11) is -3.70. The Hall–Kier alpha value is -1.41. The highest BCUT2D eigenvalue weighted by Gasteiger charge is 2.43. The van der Waals surface area contributed by atoms with Crippen LogP contribution in [0.5, 0.6) is 0 Å². The number of rotatable bonds is 5. The van der Waals surface area contributed by atoms with Crippen LogP contribution in [0.1, 0.15) is 56.9 Å². The fraction of sp³-hybridized carbons (Fsp3) is 0.800. The van der Waals surface area contributed by atoms with Gasteiger partial charge in [0, 0.05) is 19.1 Å². The fourth-order valence-electron chi connectivity index (χ4n) is 5.70. The van der Waals surface area contributed by atoms with Gasteiger partial charge in [-0.1, -0.05) is 11.6 Å². The Balaban J connectivity index is 1.41. The molecule has 1 amide bonds. The van der Waals surface area contributed by atoms with E-state index in [2.05, 4.69) is 17.4 Å². The molecule has 2 bridgehead atoms. The van der Waals surface area contributed by atoms with E-state index >= 15 is 0 Å². The zero-order chi connectivity index (χ0) is 20.1. The first-order chi connectivity index (χ1) is 13.3. The molecule has 0 radical (unpaired) electrons. The summed E-state index contributed by atoms with van der Waals surface area (Å²) in [6, 6.07) is 0.164. The van der Waals surface area contributed by atoms with Crippen LogP contribution in [-0.4, -0.2) is 42.9 Å². The van der Waals surface area contributed by atoms with Crippen LogP contribution in [0.3, 0.4) is 0 Å². The molecule has 1 saturated heterocycles. The minimum Gasteiger partial charge on any atom is -0.360 e. The Kier molecular flexibility index (Phi) is 5.29. The molecule has 0 aromatic carbocycles. The van der Waals surface area contributed by atoms with E-state index in [1.807, 2.05) is 0 Å². The van der Waals surface area contributed by atoms with Crippen molar-refractivity contribution in [2.45, 2.75) is 70.2 Å². The smallest absolute Gasteiger partial charge is 0.248 e. The summed E-state index contributed by atoms with van der Waals surface area (Å²) >= 11 is 0. The number of piperidine rings is 1. The van der Waals surface area contributed by atoms with Gasteiger partial charge in [-0.25, -0.2) is 8.42 Å². The Bertz CT molecular complexity index is 830. The quantitative estimate of drug-likeness (QED) is 0.807. The maximum absolute atomic E-state index is 13.1. The number of nitrogens with zero attached hydrogens (tertiary/aromatic N) is 2. The van der Waals surface area contributed by atoms with Crippen LogP contribution in [0.25, 0.3) is 0 Å². The summed E-state index contributed by atoms with van der Waals surface area (Å²) in [5, 5.41) is 6.99. The molecule has 1 aromatic rings. The van der Waals surface area contributed by atoms with Crippen LogP contribution in [-0.2, 0) is 14.8 Å². The van der Waals surface area contributed by atoms with Gasteiger partial charge >= 0.3 is 0 Å². The second kappa shape index (κ2) is 7.44. The van der Waals surface area contributed by atoms with Gasteiger partial charge in [0.15, 0.2) is 5.76 Å². The molecule has 156 valence electrons. The molecule has 8 heteroatoms. The first kappa shape index (κ1) is 19.9. The normalized spacial score (nSPS) is 31.8. The molecule has 0 unspecified atom stereocenters. The van der Waals surface area contributed by atoms with Crippen molar-refractivity contribution in [2.24, 2.45) is 23.7 Å². The first-order valence-electron chi connectivity index (χ1n) is 10.5. The summed E-state index contributed by atoms with van der Waals surface area (Å²) in [5.74, 6) is 2.17. The summed E-state index contributed by atoms with van der Waals surface area (Å²) < 4.78 is 32.6. The maximum Gasteiger partial charge on any atom is 0.248 e. The van der Waals surface area contributed by atoms with E-state index in [1.54, 1.807) is 13.8 Å². The Labute approximate surface area is 167 Å². The lowest BCUT2D eigenvalue weighted by atomic mass is 9.83. The second-order valence-corrected chi connectivity index (χ2v) is 10.9. The summed E-state index contributed by atoms with van der Waals surface area (Å²) in [6.07, 6.45) is 6.59. The monoisotopic (exact) mass is 409 g/mol. The fourth-order valence-corrected chi connectivity index (χ4v) is 7.52. The zero-order valence-corrected chi connectivity index (χ0v) is 17.8.